The van der Waals surface area contributed by atoms with Gasteiger partial charge in [0.1, 0.15) is 0 Å². The highest BCUT2D eigenvalue weighted by molar-refractivity contribution is 8.18. The van der Waals surface area contributed by atoms with Crippen molar-refractivity contribution in [3.8, 4) is 0 Å². The number of carbonyl (C=O) groups is 4. The van der Waals surface area contributed by atoms with Gasteiger partial charge < -0.3 is 10.0 Å². The molecule has 0 radical (unpaired) electrons. The normalized spacial score (nSPS) is 19.5. The predicted molar refractivity (Wildman–Crippen MR) is 106 cm³/mol. The Hall–Kier alpha value is -2.32. The number of hydrogen-bond acceptors (Lipinski definition) is 5. The van der Waals surface area contributed by atoms with Crippen LogP contribution in [0.1, 0.15) is 24.8 Å². The van der Waals surface area contributed by atoms with Gasteiger partial charge in [-0.05, 0) is 48.4 Å². The lowest BCUT2D eigenvalue weighted by molar-refractivity contribution is -0.145. The van der Waals surface area contributed by atoms with Crippen LogP contribution >= 0.6 is 23.4 Å². The van der Waals surface area contributed by atoms with Crippen molar-refractivity contribution in [1.82, 2.24) is 9.80 Å². The standard InChI is InChI=1S/C19H19ClN2O5S/c20-14-3-1-2-12(10-14)11-15-17(24)22(19(27)28-15)9-6-16(23)21-7-4-13(5-8-21)18(25)26/h1-3,10-11,13H,4-9H2,(H,25,26). The number of likely N-dealkylation sites (tertiary alicyclic amines) is 1. The van der Waals surface area contributed by atoms with Gasteiger partial charge in [0.05, 0.1) is 10.8 Å². The lowest BCUT2D eigenvalue weighted by Gasteiger charge is -2.30. The number of imide groups is 1. The van der Waals surface area contributed by atoms with Crippen LogP contribution in [0.3, 0.4) is 0 Å². The van der Waals surface area contributed by atoms with E-state index >= 15 is 0 Å². The van der Waals surface area contributed by atoms with E-state index < -0.39 is 23.0 Å². The Morgan fingerprint density at radius 1 is 1.25 bits per heavy atom. The van der Waals surface area contributed by atoms with Crippen molar-refractivity contribution < 1.29 is 24.3 Å². The fourth-order valence-corrected chi connectivity index (χ4v) is 4.25. The van der Waals surface area contributed by atoms with E-state index in [4.69, 9.17) is 16.7 Å². The van der Waals surface area contributed by atoms with E-state index in [2.05, 4.69) is 0 Å². The quantitative estimate of drug-likeness (QED) is 0.732. The monoisotopic (exact) mass is 422 g/mol. The molecule has 3 amide bonds. The molecular formula is C19H19ClN2O5S. The molecule has 0 saturated carbocycles. The highest BCUT2D eigenvalue weighted by Gasteiger charge is 2.35. The van der Waals surface area contributed by atoms with Gasteiger partial charge in [-0.3, -0.25) is 24.1 Å². The van der Waals surface area contributed by atoms with Gasteiger partial charge in [-0.2, -0.15) is 0 Å². The van der Waals surface area contributed by atoms with Gasteiger partial charge in [-0.1, -0.05) is 23.7 Å². The van der Waals surface area contributed by atoms with Gasteiger partial charge in [-0.15, -0.1) is 0 Å². The molecule has 2 fully saturated rings. The van der Waals surface area contributed by atoms with E-state index in [1.807, 2.05) is 0 Å². The molecule has 0 aliphatic carbocycles. The second kappa shape index (κ2) is 8.79. The summed E-state index contributed by atoms with van der Waals surface area (Å²) >= 11 is 6.77. The Morgan fingerprint density at radius 2 is 1.96 bits per heavy atom. The number of thioether (sulfide) groups is 1. The molecule has 2 aliphatic rings. The van der Waals surface area contributed by atoms with Crippen molar-refractivity contribution >= 4 is 52.5 Å². The van der Waals surface area contributed by atoms with E-state index in [9.17, 15) is 19.2 Å². The summed E-state index contributed by atoms with van der Waals surface area (Å²) in [5.74, 6) is -1.85. The Balaban J connectivity index is 1.56. The maximum atomic E-state index is 12.5. The zero-order valence-electron chi connectivity index (χ0n) is 15.0. The number of carboxylic acid groups (broad SMARTS) is 1. The summed E-state index contributed by atoms with van der Waals surface area (Å²) in [6.45, 7) is 0.772. The van der Waals surface area contributed by atoms with Crippen molar-refractivity contribution in [1.29, 1.82) is 0 Å². The van der Waals surface area contributed by atoms with Crippen LogP contribution in [0.4, 0.5) is 4.79 Å². The second-order valence-electron chi connectivity index (χ2n) is 6.63. The number of aliphatic carboxylic acids is 1. The topological polar surface area (TPSA) is 95.0 Å². The van der Waals surface area contributed by atoms with Gasteiger partial charge >= 0.3 is 5.97 Å². The Kier molecular flexibility index (Phi) is 6.41. The summed E-state index contributed by atoms with van der Waals surface area (Å²) in [6, 6.07) is 6.95. The Morgan fingerprint density at radius 3 is 2.61 bits per heavy atom. The molecule has 2 heterocycles. The number of piperidine rings is 1. The second-order valence-corrected chi connectivity index (χ2v) is 8.06. The molecule has 148 valence electrons. The minimum Gasteiger partial charge on any atom is -0.481 e. The van der Waals surface area contributed by atoms with E-state index in [1.165, 1.54) is 0 Å². The minimum atomic E-state index is -0.837. The molecule has 1 N–H and O–H groups in total. The average molecular weight is 423 g/mol. The van der Waals surface area contributed by atoms with Crippen LogP contribution in [0, 0.1) is 5.92 Å². The first-order chi connectivity index (χ1) is 13.3. The van der Waals surface area contributed by atoms with Gasteiger partial charge in [0, 0.05) is 31.1 Å². The molecule has 1 aromatic carbocycles. The Bertz CT molecular complexity index is 848. The maximum absolute atomic E-state index is 12.5. The van der Waals surface area contributed by atoms with Crippen molar-refractivity contribution in [3.63, 3.8) is 0 Å². The zero-order valence-corrected chi connectivity index (χ0v) is 16.5. The molecule has 0 aromatic heterocycles. The first kappa shape index (κ1) is 20.4. The molecule has 7 nitrogen and oxygen atoms in total. The molecule has 0 unspecified atom stereocenters. The fourth-order valence-electron chi connectivity index (χ4n) is 3.18. The van der Waals surface area contributed by atoms with Gasteiger partial charge in [-0.25, -0.2) is 0 Å². The lowest BCUT2D eigenvalue weighted by Crippen LogP contribution is -2.42. The van der Waals surface area contributed by atoms with Crippen LogP contribution in [0.25, 0.3) is 6.08 Å². The molecule has 3 rings (SSSR count). The van der Waals surface area contributed by atoms with Crippen LogP contribution in [0.2, 0.25) is 5.02 Å². The molecule has 2 saturated heterocycles. The number of benzene rings is 1. The number of hydrogen-bond donors (Lipinski definition) is 1. The number of nitrogens with zero attached hydrogens (tertiary/aromatic N) is 2. The van der Waals surface area contributed by atoms with E-state index in [0.717, 1.165) is 22.2 Å². The minimum absolute atomic E-state index is 0.00917. The third kappa shape index (κ3) is 4.74. The Labute approximate surface area is 171 Å². The average Bonchev–Trinajstić information content (AvgIpc) is 2.93. The number of amides is 3. The summed E-state index contributed by atoms with van der Waals surface area (Å²) in [6.07, 6.45) is 2.48. The maximum Gasteiger partial charge on any atom is 0.306 e. The predicted octanol–water partition coefficient (Wildman–Crippen LogP) is 3.09. The van der Waals surface area contributed by atoms with Crippen LogP contribution in [-0.2, 0) is 14.4 Å². The summed E-state index contributed by atoms with van der Waals surface area (Å²) in [4.78, 5) is 51.0. The number of carbonyl (C=O) groups excluding carboxylic acids is 3. The smallest absolute Gasteiger partial charge is 0.306 e. The highest BCUT2D eigenvalue weighted by Crippen LogP contribution is 2.32. The van der Waals surface area contributed by atoms with Gasteiger partial charge in [0.15, 0.2) is 0 Å². The molecule has 0 bridgehead atoms. The molecular weight excluding hydrogens is 404 g/mol. The number of halogens is 1. The first-order valence-corrected chi connectivity index (χ1v) is 10.1. The molecule has 0 spiro atoms. The molecule has 9 heteroatoms. The molecule has 0 atom stereocenters. The number of carboxylic acids is 1. The third-order valence-corrected chi connectivity index (χ3v) is 5.91. The van der Waals surface area contributed by atoms with E-state index in [-0.39, 0.29) is 18.9 Å². The highest BCUT2D eigenvalue weighted by atomic mass is 35.5. The van der Waals surface area contributed by atoms with Gasteiger partial charge in [0.2, 0.25) is 5.91 Å². The first-order valence-electron chi connectivity index (χ1n) is 8.86. The zero-order chi connectivity index (χ0) is 20.3. The van der Waals surface area contributed by atoms with Crippen LogP contribution < -0.4 is 0 Å². The van der Waals surface area contributed by atoms with Crippen molar-refractivity contribution in [2.75, 3.05) is 19.6 Å². The van der Waals surface area contributed by atoms with Crippen LogP contribution in [0.5, 0.6) is 0 Å². The van der Waals surface area contributed by atoms with Crippen molar-refractivity contribution in [2.24, 2.45) is 5.92 Å². The summed E-state index contributed by atoms with van der Waals surface area (Å²) in [5.41, 5.74) is 0.718. The summed E-state index contributed by atoms with van der Waals surface area (Å²) in [7, 11) is 0. The molecule has 28 heavy (non-hydrogen) atoms. The largest absolute Gasteiger partial charge is 0.481 e. The molecule has 2 aliphatic heterocycles. The van der Waals surface area contributed by atoms with Crippen LogP contribution in [0.15, 0.2) is 29.2 Å². The molecule has 1 aromatic rings. The van der Waals surface area contributed by atoms with Gasteiger partial charge in [0.25, 0.3) is 11.1 Å². The number of rotatable bonds is 5. The lowest BCUT2D eigenvalue weighted by atomic mass is 9.97. The van der Waals surface area contributed by atoms with Crippen LogP contribution in [-0.4, -0.2) is 57.6 Å². The third-order valence-electron chi connectivity index (χ3n) is 4.77. The summed E-state index contributed by atoms with van der Waals surface area (Å²) < 4.78 is 0. The van der Waals surface area contributed by atoms with E-state index in [1.54, 1.807) is 35.2 Å². The van der Waals surface area contributed by atoms with Crippen molar-refractivity contribution in [2.45, 2.75) is 19.3 Å². The SMILES string of the molecule is O=C(O)C1CCN(C(=O)CCN2C(=O)SC(=Cc3cccc(Cl)c3)C2=O)CC1. The fraction of sp³-hybridized carbons (Fsp3) is 0.368. The van der Waals surface area contributed by atoms with E-state index in [0.29, 0.717) is 35.9 Å². The van der Waals surface area contributed by atoms with Crippen molar-refractivity contribution in [3.05, 3.63) is 39.8 Å². The summed E-state index contributed by atoms with van der Waals surface area (Å²) in [5, 5.41) is 9.14.